The number of piperazine rings is 1. The van der Waals surface area contributed by atoms with Gasteiger partial charge in [-0.05, 0) is 30.9 Å². The fraction of sp³-hybridized carbons (Fsp3) is 0.625. The zero-order valence-electron chi connectivity index (χ0n) is 13.9. The van der Waals surface area contributed by atoms with Gasteiger partial charge in [0.05, 0.1) is 10.5 Å². The van der Waals surface area contributed by atoms with Crippen molar-refractivity contribution in [3.8, 4) is 5.75 Å². The smallest absolute Gasteiger partial charge is 0.274 e. The lowest BCUT2D eigenvalue weighted by molar-refractivity contribution is -0.386. The highest BCUT2D eigenvalue weighted by atomic mass is 35.5. The number of phenols is 1. The molecule has 2 N–H and O–H groups in total. The Balaban J connectivity index is 0.00000156. The number of nitro groups is 1. The van der Waals surface area contributed by atoms with Gasteiger partial charge in [-0.1, -0.05) is 0 Å². The van der Waals surface area contributed by atoms with Crippen molar-refractivity contribution in [3.05, 3.63) is 33.9 Å². The van der Waals surface area contributed by atoms with Crippen molar-refractivity contribution >= 4 is 30.5 Å². The predicted octanol–water partition coefficient (Wildman–Crippen LogP) is 2.52. The van der Waals surface area contributed by atoms with Gasteiger partial charge < -0.3 is 15.2 Å². The first-order valence-corrected chi connectivity index (χ1v) is 8.16. The van der Waals surface area contributed by atoms with Crippen molar-refractivity contribution in [2.75, 3.05) is 39.4 Å². The van der Waals surface area contributed by atoms with Crippen LogP contribution in [0.25, 0.3) is 0 Å². The van der Waals surface area contributed by atoms with Crippen molar-refractivity contribution < 1.29 is 14.8 Å². The summed E-state index contributed by atoms with van der Waals surface area (Å²) in [4.78, 5) is 13.4. The summed E-state index contributed by atoms with van der Waals surface area (Å²) >= 11 is 0. The van der Waals surface area contributed by atoms with E-state index in [-0.39, 0.29) is 47.2 Å². The molecule has 3 rings (SSSR count). The quantitative estimate of drug-likeness (QED) is 0.603. The van der Waals surface area contributed by atoms with E-state index in [4.69, 9.17) is 4.74 Å². The SMILES string of the molecule is Cl.Cl.O=[N+]([O-])c1ccc(O)cc1[C@@H](C1CCOCC1)N1CCNCC1. The molecule has 2 aliphatic heterocycles. The second-order valence-electron chi connectivity index (χ2n) is 6.18. The van der Waals surface area contributed by atoms with Gasteiger partial charge in [-0.3, -0.25) is 15.0 Å². The van der Waals surface area contributed by atoms with Crippen LogP contribution >= 0.6 is 24.8 Å². The number of rotatable bonds is 4. The van der Waals surface area contributed by atoms with Crippen molar-refractivity contribution in [3.63, 3.8) is 0 Å². The number of ether oxygens (including phenoxy) is 1. The van der Waals surface area contributed by atoms with Crippen LogP contribution in [0.2, 0.25) is 0 Å². The Kier molecular flexibility index (Phi) is 8.88. The zero-order chi connectivity index (χ0) is 16.2. The van der Waals surface area contributed by atoms with Crippen LogP contribution < -0.4 is 5.32 Å². The number of hydrogen-bond donors (Lipinski definition) is 2. The second-order valence-corrected chi connectivity index (χ2v) is 6.18. The van der Waals surface area contributed by atoms with E-state index < -0.39 is 0 Å². The van der Waals surface area contributed by atoms with Gasteiger partial charge in [0.15, 0.2) is 0 Å². The summed E-state index contributed by atoms with van der Waals surface area (Å²) in [5.41, 5.74) is 0.724. The minimum atomic E-state index is -0.344. The molecular formula is C16H25Cl2N3O4. The van der Waals surface area contributed by atoms with Gasteiger partial charge in [0.2, 0.25) is 0 Å². The molecule has 0 unspecified atom stereocenters. The van der Waals surface area contributed by atoms with E-state index in [0.29, 0.717) is 24.7 Å². The highest BCUT2D eigenvalue weighted by Gasteiger charge is 2.35. The maximum Gasteiger partial charge on any atom is 0.274 e. The molecule has 0 saturated carbocycles. The minimum absolute atomic E-state index is 0. The Bertz CT molecular complexity index is 546. The first kappa shape index (κ1) is 21.9. The summed E-state index contributed by atoms with van der Waals surface area (Å²) < 4.78 is 5.46. The van der Waals surface area contributed by atoms with Crippen LogP contribution in [0.1, 0.15) is 24.4 Å². The largest absolute Gasteiger partial charge is 0.508 e. The molecule has 1 aromatic rings. The normalized spacial score (nSPS) is 20.2. The molecular weight excluding hydrogens is 369 g/mol. The number of aromatic hydroxyl groups is 1. The molecule has 2 aliphatic rings. The average molecular weight is 394 g/mol. The molecule has 1 atom stereocenters. The summed E-state index contributed by atoms with van der Waals surface area (Å²) in [6, 6.07) is 4.33. The van der Waals surface area contributed by atoms with Crippen LogP contribution in [0, 0.1) is 16.0 Å². The second kappa shape index (κ2) is 10.1. The Hall–Kier alpha value is -1.12. The van der Waals surface area contributed by atoms with E-state index in [2.05, 4.69) is 10.2 Å². The van der Waals surface area contributed by atoms with Crippen LogP contribution in [-0.2, 0) is 4.74 Å². The first-order valence-electron chi connectivity index (χ1n) is 8.16. The molecule has 2 saturated heterocycles. The lowest BCUT2D eigenvalue weighted by Crippen LogP contribution is -2.47. The minimum Gasteiger partial charge on any atom is -0.508 e. The highest BCUT2D eigenvalue weighted by molar-refractivity contribution is 5.85. The lowest BCUT2D eigenvalue weighted by atomic mass is 9.84. The molecule has 0 radical (unpaired) electrons. The van der Waals surface area contributed by atoms with Gasteiger partial charge in [-0.25, -0.2) is 0 Å². The Labute approximate surface area is 159 Å². The molecule has 0 amide bonds. The van der Waals surface area contributed by atoms with Gasteiger partial charge in [-0.15, -0.1) is 24.8 Å². The Morgan fingerprint density at radius 3 is 2.48 bits per heavy atom. The molecule has 0 aliphatic carbocycles. The summed E-state index contributed by atoms with van der Waals surface area (Å²) in [7, 11) is 0. The monoisotopic (exact) mass is 393 g/mol. The number of nitrogens with one attached hydrogen (secondary N) is 1. The van der Waals surface area contributed by atoms with E-state index in [1.807, 2.05) is 0 Å². The third kappa shape index (κ3) is 5.18. The first-order chi connectivity index (χ1) is 11.2. The Morgan fingerprint density at radius 2 is 1.88 bits per heavy atom. The van der Waals surface area contributed by atoms with E-state index in [1.54, 1.807) is 6.07 Å². The number of nitrogens with zero attached hydrogens (tertiary/aromatic N) is 2. The molecule has 7 nitrogen and oxygen atoms in total. The van der Waals surface area contributed by atoms with Crippen molar-refractivity contribution in [2.45, 2.75) is 18.9 Å². The van der Waals surface area contributed by atoms with Crippen LogP contribution in [-0.4, -0.2) is 54.3 Å². The fourth-order valence-corrected chi connectivity index (χ4v) is 3.69. The molecule has 2 heterocycles. The maximum atomic E-state index is 11.5. The van der Waals surface area contributed by atoms with Crippen LogP contribution in [0.15, 0.2) is 18.2 Å². The zero-order valence-corrected chi connectivity index (χ0v) is 15.6. The molecule has 0 bridgehead atoms. The lowest BCUT2D eigenvalue weighted by Gasteiger charge is -2.40. The summed E-state index contributed by atoms with van der Waals surface area (Å²) in [6.07, 6.45) is 1.78. The molecule has 2 fully saturated rings. The van der Waals surface area contributed by atoms with E-state index in [9.17, 15) is 15.2 Å². The Morgan fingerprint density at radius 1 is 1.24 bits per heavy atom. The molecule has 1 aromatic carbocycles. The summed E-state index contributed by atoms with van der Waals surface area (Å²) in [6.45, 7) is 4.86. The van der Waals surface area contributed by atoms with Crippen LogP contribution in [0.5, 0.6) is 5.75 Å². The van der Waals surface area contributed by atoms with Gasteiger partial charge >= 0.3 is 0 Å². The number of hydrogen-bond acceptors (Lipinski definition) is 6. The number of phenolic OH excluding ortho intramolecular Hbond substituents is 1. The third-order valence-electron chi connectivity index (χ3n) is 4.78. The van der Waals surface area contributed by atoms with Gasteiger partial charge in [0, 0.05) is 51.5 Å². The molecule has 142 valence electrons. The summed E-state index contributed by atoms with van der Waals surface area (Å²) in [5, 5.41) is 24.7. The number of benzene rings is 1. The highest BCUT2D eigenvalue weighted by Crippen LogP contribution is 2.40. The van der Waals surface area contributed by atoms with Gasteiger partial charge in [-0.2, -0.15) is 0 Å². The third-order valence-corrected chi connectivity index (χ3v) is 4.78. The van der Waals surface area contributed by atoms with E-state index in [0.717, 1.165) is 39.0 Å². The van der Waals surface area contributed by atoms with Gasteiger partial charge in [0.1, 0.15) is 5.75 Å². The van der Waals surface area contributed by atoms with Crippen molar-refractivity contribution in [1.82, 2.24) is 10.2 Å². The number of nitro benzene ring substituents is 1. The standard InChI is InChI=1S/C16H23N3O4.2ClH/c20-13-1-2-15(19(21)22)14(11-13)16(12-3-9-23-10-4-12)18-7-5-17-6-8-18;;/h1-2,11-12,16-17,20H,3-10H2;2*1H/t16-;;/m1../s1. The molecule has 9 heteroatoms. The molecule has 25 heavy (non-hydrogen) atoms. The van der Waals surface area contributed by atoms with Crippen molar-refractivity contribution in [2.24, 2.45) is 5.92 Å². The topological polar surface area (TPSA) is 87.9 Å². The van der Waals surface area contributed by atoms with Crippen LogP contribution in [0.3, 0.4) is 0 Å². The fourth-order valence-electron chi connectivity index (χ4n) is 3.69. The average Bonchev–Trinajstić information content (AvgIpc) is 2.57. The summed E-state index contributed by atoms with van der Waals surface area (Å²) in [5.74, 6) is 0.389. The molecule has 0 aromatic heterocycles. The maximum absolute atomic E-state index is 11.5. The predicted molar refractivity (Wildman–Crippen MR) is 100.0 cm³/mol. The number of halogens is 2. The molecule has 0 spiro atoms. The van der Waals surface area contributed by atoms with Gasteiger partial charge in [0.25, 0.3) is 5.69 Å². The van der Waals surface area contributed by atoms with E-state index in [1.165, 1.54) is 12.1 Å². The van der Waals surface area contributed by atoms with Crippen molar-refractivity contribution in [1.29, 1.82) is 0 Å². The van der Waals surface area contributed by atoms with E-state index >= 15 is 0 Å². The van der Waals surface area contributed by atoms with Crippen LogP contribution in [0.4, 0.5) is 5.69 Å².